The standard InChI is InChI=1S/C21H18N2O4/c1-26-20(24)16-18(22-13-14-9-5-3-6-10-14)17(15-11-7-4-8-12-15)23-19(16)21(25)27-2/h3-13,23H,1-2H3. The Bertz CT molecular complexity index is 976. The number of hydrogen-bond donors (Lipinski definition) is 1. The highest BCUT2D eigenvalue weighted by Gasteiger charge is 2.28. The second kappa shape index (κ2) is 8.14. The number of nitrogens with one attached hydrogen (secondary N) is 1. The van der Waals surface area contributed by atoms with E-state index >= 15 is 0 Å². The summed E-state index contributed by atoms with van der Waals surface area (Å²) in [5.74, 6) is -1.34. The largest absolute Gasteiger partial charge is 0.465 e. The van der Waals surface area contributed by atoms with Gasteiger partial charge in [0.05, 0.1) is 19.9 Å². The van der Waals surface area contributed by atoms with Gasteiger partial charge in [-0.15, -0.1) is 0 Å². The summed E-state index contributed by atoms with van der Waals surface area (Å²) in [6.45, 7) is 0. The van der Waals surface area contributed by atoms with Crippen LogP contribution in [0.4, 0.5) is 5.69 Å². The molecular formula is C21H18N2O4. The Morgan fingerprint density at radius 1 is 0.889 bits per heavy atom. The maximum atomic E-state index is 12.4. The third-order valence-corrected chi connectivity index (χ3v) is 3.96. The Balaban J connectivity index is 2.23. The molecule has 1 N–H and O–H groups in total. The number of carbonyl (C=O) groups excluding carboxylic acids is 2. The maximum absolute atomic E-state index is 12.4. The Morgan fingerprint density at radius 2 is 1.48 bits per heavy atom. The second-order valence-electron chi connectivity index (χ2n) is 5.62. The zero-order valence-electron chi connectivity index (χ0n) is 14.9. The predicted octanol–water partition coefficient (Wildman–Crippen LogP) is 4.01. The van der Waals surface area contributed by atoms with Crippen molar-refractivity contribution in [2.45, 2.75) is 0 Å². The van der Waals surface area contributed by atoms with Gasteiger partial charge in [0.2, 0.25) is 0 Å². The lowest BCUT2D eigenvalue weighted by atomic mass is 10.1. The number of aromatic amines is 1. The van der Waals surface area contributed by atoms with E-state index in [1.165, 1.54) is 14.2 Å². The van der Waals surface area contributed by atoms with Crippen LogP contribution in [-0.2, 0) is 9.47 Å². The van der Waals surface area contributed by atoms with Crippen molar-refractivity contribution >= 4 is 23.8 Å². The molecule has 0 spiro atoms. The fourth-order valence-electron chi connectivity index (χ4n) is 2.67. The number of nitrogens with zero attached hydrogens (tertiary/aromatic N) is 1. The Morgan fingerprint density at radius 3 is 2.07 bits per heavy atom. The van der Waals surface area contributed by atoms with Gasteiger partial charge >= 0.3 is 11.9 Å². The Labute approximate surface area is 156 Å². The summed E-state index contributed by atoms with van der Waals surface area (Å²) in [7, 11) is 2.50. The van der Waals surface area contributed by atoms with Crippen LogP contribution in [0, 0.1) is 0 Å². The molecule has 0 saturated heterocycles. The van der Waals surface area contributed by atoms with Gasteiger partial charge in [-0.05, 0) is 5.56 Å². The van der Waals surface area contributed by atoms with Crippen LogP contribution in [0.3, 0.4) is 0 Å². The molecule has 0 amide bonds. The van der Waals surface area contributed by atoms with Gasteiger partial charge < -0.3 is 14.5 Å². The smallest absolute Gasteiger partial charge is 0.355 e. The van der Waals surface area contributed by atoms with Crippen molar-refractivity contribution in [1.82, 2.24) is 4.98 Å². The van der Waals surface area contributed by atoms with Crippen molar-refractivity contribution in [3.8, 4) is 11.3 Å². The summed E-state index contributed by atoms with van der Waals surface area (Å²) in [5, 5.41) is 0. The van der Waals surface area contributed by atoms with E-state index in [0.717, 1.165) is 11.1 Å². The van der Waals surface area contributed by atoms with Crippen LogP contribution in [0.2, 0.25) is 0 Å². The van der Waals surface area contributed by atoms with Crippen LogP contribution in [0.5, 0.6) is 0 Å². The van der Waals surface area contributed by atoms with Crippen molar-refractivity contribution in [1.29, 1.82) is 0 Å². The number of aliphatic imine (C=N–C) groups is 1. The summed E-state index contributed by atoms with van der Waals surface area (Å²) in [4.78, 5) is 32.1. The molecule has 0 unspecified atom stereocenters. The lowest BCUT2D eigenvalue weighted by Gasteiger charge is -2.03. The first-order valence-electron chi connectivity index (χ1n) is 8.22. The van der Waals surface area contributed by atoms with E-state index < -0.39 is 11.9 Å². The number of H-pyrrole nitrogens is 1. The number of methoxy groups -OCH3 is 2. The Hall–Kier alpha value is -3.67. The first kappa shape index (κ1) is 18.1. The molecule has 0 aliphatic rings. The van der Waals surface area contributed by atoms with Gasteiger partial charge in [-0.25, -0.2) is 9.59 Å². The monoisotopic (exact) mass is 362 g/mol. The molecule has 0 fully saturated rings. The third kappa shape index (κ3) is 3.79. The molecule has 0 saturated carbocycles. The highest BCUT2D eigenvalue weighted by atomic mass is 16.5. The van der Waals surface area contributed by atoms with Crippen molar-refractivity contribution < 1.29 is 19.1 Å². The lowest BCUT2D eigenvalue weighted by Crippen LogP contribution is -2.10. The summed E-state index contributed by atoms with van der Waals surface area (Å²) in [6, 6.07) is 18.8. The first-order valence-corrected chi connectivity index (χ1v) is 8.22. The molecule has 0 radical (unpaired) electrons. The Kier molecular flexibility index (Phi) is 5.47. The third-order valence-electron chi connectivity index (χ3n) is 3.96. The van der Waals surface area contributed by atoms with Gasteiger partial charge in [-0.1, -0.05) is 60.7 Å². The van der Waals surface area contributed by atoms with Crippen molar-refractivity contribution in [3.05, 3.63) is 77.5 Å². The number of hydrogen-bond acceptors (Lipinski definition) is 5. The molecule has 136 valence electrons. The van der Waals surface area contributed by atoms with Crippen LogP contribution < -0.4 is 0 Å². The minimum absolute atomic E-state index is 0.00316. The molecular weight excluding hydrogens is 344 g/mol. The van der Waals surface area contributed by atoms with E-state index in [9.17, 15) is 9.59 Å². The molecule has 0 bridgehead atoms. The topological polar surface area (TPSA) is 80.8 Å². The summed E-state index contributed by atoms with van der Waals surface area (Å²) in [5.41, 5.74) is 2.52. The maximum Gasteiger partial charge on any atom is 0.355 e. The van der Waals surface area contributed by atoms with Crippen molar-refractivity contribution in [3.63, 3.8) is 0 Å². The molecule has 0 aliphatic carbocycles. The van der Waals surface area contributed by atoms with Crippen LogP contribution in [0.1, 0.15) is 26.4 Å². The zero-order chi connectivity index (χ0) is 19.2. The molecule has 6 nitrogen and oxygen atoms in total. The minimum Gasteiger partial charge on any atom is -0.465 e. The first-order chi connectivity index (χ1) is 13.2. The molecule has 3 aromatic rings. The van der Waals surface area contributed by atoms with Crippen LogP contribution >= 0.6 is 0 Å². The van der Waals surface area contributed by atoms with Crippen molar-refractivity contribution in [2.75, 3.05) is 14.2 Å². The second-order valence-corrected chi connectivity index (χ2v) is 5.62. The van der Waals surface area contributed by atoms with Gasteiger partial charge in [0.15, 0.2) is 0 Å². The predicted molar refractivity (Wildman–Crippen MR) is 103 cm³/mol. The van der Waals surface area contributed by atoms with Crippen LogP contribution in [0.15, 0.2) is 65.7 Å². The highest BCUT2D eigenvalue weighted by Crippen LogP contribution is 2.36. The quantitative estimate of drug-likeness (QED) is 0.549. The summed E-state index contributed by atoms with van der Waals surface area (Å²) < 4.78 is 9.68. The molecule has 27 heavy (non-hydrogen) atoms. The number of carbonyl (C=O) groups is 2. The van der Waals surface area contributed by atoms with Gasteiger partial charge in [-0.3, -0.25) is 4.99 Å². The molecule has 0 atom stereocenters. The van der Waals surface area contributed by atoms with Gasteiger partial charge in [-0.2, -0.15) is 0 Å². The van der Waals surface area contributed by atoms with Gasteiger partial charge in [0.1, 0.15) is 16.9 Å². The van der Waals surface area contributed by atoms with E-state index in [-0.39, 0.29) is 11.3 Å². The van der Waals surface area contributed by atoms with Gasteiger partial charge in [0, 0.05) is 11.8 Å². The number of benzene rings is 2. The summed E-state index contributed by atoms with van der Waals surface area (Å²) >= 11 is 0. The van der Waals surface area contributed by atoms with Gasteiger partial charge in [0.25, 0.3) is 0 Å². The number of rotatable bonds is 5. The number of aromatic nitrogens is 1. The van der Waals surface area contributed by atoms with E-state index in [2.05, 4.69) is 9.98 Å². The zero-order valence-corrected chi connectivity index (χ0v) is 14.9. The van der Waals surface area contributed by atoms with Crippen LogP contribution in [0.25, 0.3) is 11.3 Å². The van der Waals surface area contributed by atoms with E-state index in [4.69, 9.17) is 9.47 Å². The van der Waals surface area contributed by atoms with Crippen molar-refractivity contribution in [2.24, 2.45) is 4.99 Å². The molecule has 3 rings (SSSR count). The molecule has 6 heteroatoms. The molecule has 1 aromatic heterocycles. The molecule has 2 aromatic carbocycles. The van der Waals surface area contributed by atoms with E-state index in [1.807, 2.05) is 60.7 Å². The number of ether oxygens (including phenoxy) is 2. The van der Waals surface area contributed by atoms with E-state index in [1.54, 1.807) is 6.21 Å². The average Bonchev–Trinajstić information content (AvgIpc) is 3.12. The number of esters is 2. The normalized spacial score (nSPS) is 10.7. The molecule has 1 heterocycles. The lowest BCUT2D eigenvalue weighted by molar-refractivity contribution is 0.0552. The highest BCUT2D eigenvalue weighted by molar-refractivity contribution is 6.09. The van der Waals surface area contributed by atoms with Crippen LogP contribution in [-0.4, -0.2) is 37.4 Å². The fourth-order valence-corrected chi connectivity index (χ4v) is 2.67. The fraction of sp³-hybridized carbons (Fsp3) is 0.0952. The SMILES string of the molecule is COC(=O)c1[nH]c(-c2ccccc2)c(N=Cc2ccccc2)c1C(=O)OC. The minimum atomic E-state index is -0.672. The summed E-state index contributed by atoms with van der Waals surface area (Å²) in [6.07, 6.45) is 1.63. The molecule has 0 aliphatic heterocycles. The average molecular weight is 362 g/mol. The van der Waals surface area contributed by atoms with E-state index in [0.29, 0.717) is 11.4 Å².